The summed E-state index contributed by atoms with van der Waals surface area (Å²) in [6.07, 6.45) is 0.962. The van der Waals surface area contributed by atoms with Crippen molar-refractivity contribution in [1.29, 1.82) is 0 Å². The highest BCUT2D eigenvalue weighted by molar-refractivity contribution is 6.33. The molecule has 0 heterocycles. The first-order valence-corrected chi connectivity index (χ1v) is 7.48. The standard InChI is InChI=1S/C15H23Cl2NO/c1-5-19-15(10(2)3)14(18-4)9-11-8-12(16)6-7-13(11)17/h6-8,10,14-15,18H,5,9H2,1-4H3. The van der Waals surface area contributed by atoms with Crippen molar-refractivity contribution in [3.8, 4) is 0 Å². The number of halogens is 2. The summed E-state index contributed by atoms with van der Waals surface area (Å²) in [6.45, 7) is 7.08. The molecule has 1 aromatic carbocycles. The van der Waals surface area contributed by atoms with Crippen molar-refractivity contribution in [2.75, 3.05) is 13.7 Å². The van der Waals surface area contributed by atoms with Crippen LogP contribution in [0.25, 0.3) is 0 Å². The number of likely N-dealkylation sites (N-methyl/N-ethyl adjacent to an activating group) is 1. The summed E-state index contributed by atoms with van der Waals surface area (Å²) < 4.78 is 5.86. The zero-order valence-corrected chi connectivity index (χ0v) is 13.6. The molecule has 0 saturated carbocycles. The van der Waals surface area contributed by atoms with Crippen LogP contribution in [0.3, 0.4) is 0 Å². The SMILES string of the molecule is CCOC(C(C)C)C(Cc1cc(Cl)ccc1Cl)NC. The van der Waals surface area contributed by atoms with Crippen LogP contribution >= 0.6 is 23.2 Å². The number of hydrogen-bond donors (Lipinski definition) is 1. The molecule has 0 fully saturated rings. The number of rotatable bonds is 7. The fourth-order valence-corrected chi connectivity index (χ4v) is 2.67. The first-order chi connectivity index (χ1) is 8.99. The first kappa shape index (κ1) is 16.8. The second kappa shape index (κ2) is 8.11. The lowest BCUT2D eigenvalue weighted by molar-refractivity contribution is 0.00536. The van der Waals surface area contributed by atoms with Crippen LogP contribution in [0.1, 0.15) is 26.3 Å². The van der Waals surface area contributed by atoms with E-state index in [1.165, 1.54) is 0 Å². The molecule has 2 nitrogen and oxygen atoms in total. The fraction of sp³-hybridized carbons (Fsp3) is 0.600. The highest BCUT2D eigenvalue weighted by atomic mass is 35.5. The number of benzene rings is 1. The molecule has 4 heteroatoms. The summed E-state index contributed by atoms with van der Waals surface area (Å²) in [5.74, 6) is 0.440. The Kier molecular flexibility index (Phi) is 7.16. The normalized spacial score (nSPS) is 14.7. The Labute approximate surface area is 126 Å². The van der Waals surface area contributed by atoms with E-state index in [1.807, 2.05) is 32.2 Å². The van der Waals surface area contributed by atoms with E-state index in [4.69, 9.17) is 27.9 Å². The zero-order chi connectivity index (χ0) is 14.4. The maximum Gasteiger partial charge on any atom is 0.0753 e. The van der Waals surface area contributed by atoms with Crippen LogP contribution in [0, 0.1) is 5.92 Å². The molecule has 0 aromatic heterocycles. The van der Waals surface area contributed by atoms with E-state index in [-0.39, 0.29) is 12.1 Å². The Balaban J connectivity index is 2.88. The largest absolute Gasteiger partial charge is 0.377 e. The molecule has 19 heavy (non-hydrogen) atoms. The van der Waals surface area contributed by atoms with Gasteiger partial charge in [0.1, 0.15) is 0 Å². The van der Waals surface area contributed by atoms with E-state index < -0.39 is 0 Å². The van der Waals surface area contributed by atoms with Gasteiger partial charge >= 0.3 is 0 Å². The van der Waals surface area contributed by atoms with Crippen LogP contribution in [-0.2, 0) is 11.2 Å². The minimum absolute atomic E-state index is 0.157. The Morgan fingerprint density at radius 3 is 2.47 bits per heavy atom. The van der Waals surface area contributed by atoms with E-state index >= 15 is 0 Å². The second-order valence-corrected chi connectivity index (χ2v) is 5.84. The minimum Gasteiger partial charge on any atom is -0.377 e. The lowest BCUT2D eigenvalue weighted by atomic mass is 9.94. The van der Waals surface area contributed by atoms with Gasteiger partial charge in [-0.25, -0.2) is 0 Å². The van der Waals surface area contributed by atoms with Crippen molar-refractivity contribution in [2.24, 2.45) is 5.92 Å². The van der Waals surface area contributed by atoms with Crippen molar-refractivity contribution in [3.63, 3.8) is 0 Å². The monoisotopic (exact) mass is 303 g/mol. The van der Waals surface area contributed by atoms with Gasteiger partial charge in [0.2, 0.25) is 0 Å². The lowest BCUT2D eigenvalue weighted by Gasteiger charge is -2.30. The Bertz CT molecular complexity index is 396. The van der Waals surface area contributed by atoms with E-state index in [9.17, 15) is 0 Å². The Hall–Kier alpha value is -0.280. The van der Waals surface area contributed by atoms with Crippen molar-refractivity contribution >= 4 is 23.2 Å². The number of hydrogen-bond acceptors (Lipinski definition) is 2. The summed E-state index contributed by atoms with van der Waals surface area (Å²) >= 11 is 12.3. The molecule has 0 radical (unpaired) electrons. The molecule has 0 aliphatic rings. The lowest BCUT2D eigenvalue weighted by Crippen LogP contribution is -2.44. The second-order valence-electron chi connectivity index (χ2n) is 5.00. The topological polar surface area (TPSA) is 21.3 Å². The average molecular weight is 304 g/mol. The van der Waals surface area contributed by atoms with Crippen molar-refractivity contribution in [3.05, 3.63) is 33.8 Å². The summed E-state index contributed by atoms with van der Waals surface area (Å²) in [5.41, 5.74) is 1.05. The molecule has 0 spiro atoms. The van der Waals surface area contributed by atoms with Gasteiger partial charge in [0, 0.05) is 22.7 Å². The Morgan fingerprint density at radius 1 is 1.26 bits per heavy atom. The number of ether oxygens (including phenoxy) is 1. The fourth-order valence-electron chi connectivity index (χ4n) is 2.28. The van der Waals surface area contributed by atoms with Gasteiger partial charge in [0.15, 0.2) is 0 Å². The maximum atomic E-state index is 6.23. The molecule has 2 atom stereocenters. The molecule has 1 N–H and O–H groups in total. The van der Waals surface area contributed by atoms with Gasteiger partial charge < -0.3 is 10.1 Å². The first-order valence-electron chi connectivity index (χ1n) is 6.72. The van der Waals surface area contributed by atoms with Gasteiger partial charge in [0.25, 0.3) is 0 Å². The molecule has 2 unspecified atom stereocenters. The third kappa shape index (κ3) is 4.96. The molecular formula is C15H23Cl2NO. The predicted octanol–water partition coefficient (Wildman–Crippen LogP) is 4.19. The minimum atomic E-state index is 0.157. The van der Waals surface area contributed by atoms with Crippen molar-refractivity contribution in [1.82, 2.24) is 5.32 Å². The smallest absolute Gasteiger partial charge is 0.0753 e. The molecule has 1 aromatic rings. The molecule has 0 aliphatic carbocycles. The van der Waals surface area contributed by atoms with Crippen molar-refractivity contribution < 1.29 is 4.74 Å². The molecule has 0 amide bonds. The molecular weight excluding hydrogens is 281 g/mol. The average Bonchev–Trinajstić information content (AvgIpc) is 2.37. The number of nitrogens with one attached hydrogen (secondary N) is 1. The van der Waals surface area contributed by atoms with Crippen LogP contribution in [-0.4, -0.2) is 25.8 Å². The molecule has 108 valence electrons. The van der Waals surface area contributed by atoms with Crippen molar-refractivity contribution in [2.45, 2.75) is 39.3 Å². The predicted molar refractivity (Wildman–Crippen MR) is 83.3 cm³/mol. The Morgan fingerprint density at radius 2 is 1.95 bits per heavy atom. The van der Waals surface area contributed by atoms with Crippen LogP contribution < -0.4 is 5.32 Å². The van der Waals surface area contributed by atoms with E-state index in [0.717, 1.165) is 17.0 Å². The zero-order valence-electron chi connectivity index (χ0n) is 12.0. The summed E-state index contributed by atoms with van der Waals surface area (Å²) in [7, 11) is 1.96. The summed E-state index contributed by atoms with van der Waals surface area (Å²) in [4.78, 5) is 0. The van der Waals surface area contributed by atoms with Gasteiger partial charge in [0.05, 0.1) is 6.10 Å². The van der Waals surface area contributed by atoms with Gasteiger partial charge in [-0.2, -0.15) is 0 Å². The highest BCUT2D eigenvalue weighted by Gasteiger charge is 2.24. The van der Waals surface area contributed by atoms with E-state index in [1.54, 1.807) is 0 Å². The quantitative estimate of drug-likeness (QED) is 0.815. The molecule has 0 aliphatic heterocycles. The molecule has 0 bridgehead atoms. The summed E-state index contributed by atoms with van der Waals surface area (Å²) in [6, 6.07) is 5.80. The van der Waals surface area contributed by atoms with E-state index in [2.05, 4.69) is 19.2 Å². The van der Waals surface area contributed by atoms with Crippen LogP contribution in [0.5, 0.6) is 0 Å². The third-order valence-corrected chi connectivity index (χ3v) is 3.83. The van der Waals surface area contributed by atoms with Crippen LogP contribution in [0.2, 0.25) is 10.0 Å². The van der Waals surface area contributed by atoms with Gasteiger partial charge in [-0.15, -0.1) is 0 Å². The van der Waals surface area contributed by atoms with Gasteiger partial charge in [-0.3, -0.25) is 0 Å². The third-order valence-electron chi connectivity index (χ3n) is 3.23. The maximum absolute atomic E-state index is 6.23. The van der Waals surface area contributed by atoms with Crippen LogP contribution in [0.4, 0.5) is 0 Å². The molecule has 0 saturated heterocycles. The van der Waals surface area contributed by atoms with Crippen LogP contribution in [0.15, 0.2) is 18.2 Å². The van der Waals surface area contributed by atoms with Gasteiger partial charge in [-0.05, 0) is 50.1 Å². The summed E-state index contributed by atoms with van der Waals surface area (Å²) in [5, 5.41) is 4.80. The molecule has 1 rings (SSSR count). The van der Waals surface area contributed by atoms with Gasteiger partial charge in [-0.1, -0.05) is 37.0 Å². The highest BCUT2D eigenvalue weighted by Crippen LogP contribution is 2.24. The van der Waals surface area contributed by atoms with E-state index in [0.29, 0.717) is 17.5 Å².